The summed E-state index contributed by atoms with van der Waals surface area (Å²) in [6, 6.07) is 1.77. The molecule has 1 saturated heterocycles. The van der Waals surface area contributed by atoms with Gasteiger partial charge in [-0.15, -0.1) is 0 Å². The van der Waals surface area contributed by atoms with Crippen molar-refractivity contribution >= 4 is 15.7 Å². The SMILES string of the molecule is CS(=O)(=O)c1cn[nH]c1C1CCCN(C(=O)Cn2cccn2)C1. The summed E-state index contributed by atoms with van der Waals surface area (Å²) < 4.78 is 25.3. The van der Waals surface area contributed by atoms with Crippen LogP contribution in [-0.2, 0) is 21.2 Å². The van der Waals surface area contributed by atoms with Crippen molar-refractivity contribution in [2.24, 2.45) is 0 Å². The van der Waals surface area contributed by atoms with Crippen molar-refractivity contribution in [3.8, 4) is 0 Å². The summed E-state index contributed by atoms with van der Waals surface area (Å²) in [5, 5.41) is 10.7. The van der Waals surface area contributed by atoms with E-state index in [1.165, 1.54) is 12.5 Å². The van der Waals surface area contributed by atoms with E-state index in [4.69, 9.17) is 0 Å². The second-order valence-electron chi connectivity index (χ2n) is 5.80. The molecule has 0 aliphatic carbocycles. The summed E-state index contributed by atoms with van der Waals surface area (Å²) in [6.45, 7) is 1.37. The summed E-state index contributed by atoms with van der Waals surface area (Å²) in [4.78, 5) is 14.4. The van der Waals surface area contributed by atoms with Gasteiger partial charge < -0.3 is 4.90 Å². The van der Waals surface area contributed by atoms with Gasteiger partial charge in [0.05, 0.1) is 11.9 Å². The number of H-pyrrole nitrogens is 1. The molecule has 1 N–H and O–H groups in total. The van der Waals surface area contributed by atoms with Gasteiger partial charge in [0, 0.05) is 37.7 Å². The third kappa shape index (κ3) is 3.44. The Bertz CT molecular complexity index is 781. The van der Waals surface area contributed by atoms with Gasteiger partial charge in [-0.25, -0.2) is 8.42 Å². The number of piperidine rings is 1. The molecule has 1 fully saturated rings. The maximum atomic E-state index is 12.4. The number of hydrogen-bond acceptors (Lipinski definition) is 5. The number of carbonyl (C=O) groups is 1. The molecule has 1 amide bonds. The van der Waals surface area contributed by atoms with Crippen LogP contribution in [-0.4, -0.2) is 58.5 Å². The molecule has 1 aliphatic heterocycles. The lowest BCUT2D eigenvalue weighted by atomic mass is 9.95. The minimum absolute atomic E-state index is 0.0150. The lowest BCUT2D eigenvalue weighted by Gasteiger charge is -2.32. The van der Waals surface area contributed by atoms with E-state index >= 15 is 0 Å². The maximum absolute atomic E-state index is 12.4. The minimum Gasteiger partial charge on any atom is -0.340 e. The normalized spacial score (nSPS) is 19.0. The fourth-order valence-corrected chi connectivity index (χ4v) is 3.80. The summed E-state index contributed by atoms with van der Waals surface area (Å²) in [6.07, 6.45) is 7.55. The van der Waals surface area contributed by atoms with Gasteiger partial charge in [-0.2, -0.15) is 10.2 Å². The molecule has 0 bridgehead atoms. The summed E-state index contributed by atoms with van der Waals surface area (Å²) >= 11 is 0. The molecule has 0 saturated carbocycles. The van der Waals surface area contributed by atoms with Crippen molar-refractivity contribution < 1.29 is 13.2 Å². The van der Waals surface area contributed by atoms with Crippen LogP contribution >= 0.6 is 0 Å². The third-order valence-corrected chi connectivity index (χ3v) is 5.19. The van der Waals surface area contributed by atoms with Gasteiger partial charge in [0.1, 0.15) is 11.4 Å². The first kappa shape index (κ1) is 15.7. The third-order valence-electron chi connectivity index (χ3n) is 4.07. The molecule has 8 nitrogen and oxygen atoms in total. The van der Waals surface area contributed by atoms with E-state index in [0.29, 0.717) is 18.8 Å². The van der Waals surface area contributed by atoms with E-state index in [1.807, 2.05) is 0 Å². The monoisotopic (exact) mass is 337 g/mol. The van der Waals surface area contributed by atoms with Crippen molar-refractivity contribution in [2.75, 3.05) is 19.3 Å². The highest BCUT2D eigenvalue weighted by Crippen LogP contribution is 2.29. The maximum Gasteiger partial charge on any atom is 0.244 e. The number of nitrogens with one attached hydrogen (secondary N) is 1. The molecule has 2 aromatic heterocycles. The Morgan fingerprint density at radius 1 is 1.48 bits per heavy atom. The van der Waals surface area contributed by atoms with Crippen LogP contribution < -0.4 is 0 Å². The quantitative estimate of drug-likeness (QED) is 0.871. The Hall–Kier alpha value is -2.16. The molecule has 9 heteroatoms. The van der Waals surface area contributed by atoms with E-state index in [1.54, 1.807) is 28.0 Å². The Balaban J connectivity index is 1.74. The first-order valence-corrected chi connectivity index (χ1v) is 9.33. The number of aromatic amines is 1. The van der Waals surface area contributed by atoms with Gasteiger partial charge in [-0.3, -0.25) is 14.6 Å². The zero-order valence-corrected chi connectivity index (χ0v) is 13.7. The lowest BCUT2D eigenvalue weighted by molar-refractivity contribution is -0.133. The number of aromatic nitrogens is 4. The van der Waals surface area contributed by atoms with Gasteiger partial charge in [0.2, 0.25) is 5.91 Å². The summed E-state index contributed by atoms with van der Waals surface area (Å²) in [5.74, 6) is -0.0589. The molecule has 0 radical (unpaired) electrons. The van der Waals surface area contributed by atoms with Crippen LogP contribution in [0.4, 0.5) is 0 Å². The largest absolute Gasteiger partial charge is 0.340 e. The Labute approximate surface area is 134 Å². The number of sulfone groups is 1. The van der Waals surface area contributed by atoms with Crippen molar-refractivity contribution in [2.45, 2.75) is 30.2 Å². The number of rotatable bonds is 4. The smallest absolute Gasteiger partial charge is 0.244 e. The minimum atomic E-state index is -3.33. The topological polar surface area (TPSA) is 101 Å². The van der Waals surface area contributed by atoms with Gasteiger partial charge in [-0.05, 0) is 18.9 Å². The summed E-state index contributed by atoms with van der Waals surface area (Å²) in [7, 11) is -3.33. The zero-order chi connectivity index (χ0) is 16.4. The van der Waals surface area contributed by atoms with Crippen LogP contribution in [0.25, 0.3) is 0 Å². The molecule has 1 unspecified atom stereocenters. The van der Waals surface area contributed by atoms with E-state index in [9.17, 15) is 13.2 Å². The molecular weight excluding hydrogens is 318 g/mol. The number of hydrogen-bond donors (Lipinski definition) is 1. The summed E-state index contributed by atoms with van der Waals surface area (Å²) in [5.41, 5.74) is 0.601. The van der Waals surface area contributed by atoms with Crippen molar-refractivity contribution in [3.63, 3.8) is 0 Å². The van der Waals surface area contributed by atoms with Gasteiger partial charge >= 0.3 is 0 Å². The number of nitrogens with zero attached hydrogens (tertiary/aromatic N) is 4. The van der Waals surface area contributed by atoms with Crippen LogP contribution in [0.5, 0.6) is 0 Å². The highest BCUT2D eigenvalue weighted by atomic mass is 32.2. The van der Waals surface area contributed by atoms with Crippen LogP contribution in [0.2, 0.25) is 0 Å². The van der Waals surface area contributed by atoms with E-state index in [-0.39, 0.29) is 23.3 Å². The number of carbonyl (C=O) groups excluding carboxylic acids is 1. The molecular formula is C14H19N5O3S. The molecule has 0 spiro atoms. The number of likely N-dealkylation sites (tertiary alicyclic amines) is 1. The van der Waals surface area contributed by atoms with Gasteiger partial charge in [0.15, 0.2) is 9.84 Å². The van der Waals surface area contributed by atoms with Crippen LogP contribution in [0.3, 0.4) is 0 Å². The lowest BCUT2D eigenvalue weighted by Crippen LogP contribution is -2.41. The second-order valence-corrected chi connectivity index (χ2v) is 7.79. The first-order valence-electron chi connectivity index (χ1n) is 7.43. The molecule has 23 heavy (non-hydrogen) atoms. The predicted octanol–water partition coefficient (Wildman–Crippen LogP) is 0.416. The molecule has 124 valence electrons. The fraction of sp³-hybridized carbons (Fsp3) is 0.500. The molecule has 1 aliphatic rings. The van der Waals surface area contributed by atoms with Crippen LogP contribution in [0, 0.1) is 0 Å². The standard InChI is InChI=1S/C14H19N5O3S/c1-23(21,22)12-8-15-17-14(12)11-4-2-6-18(9-11)13(20)10-19-7-3-5-16-19/h3,5,7-8,11H,2,4,6,9-10H2,1H3,(H,15,17). The van der Waals surface area contributed by atoms with Crippen molar-refractivity contribution in [1.29, 1.82) is 0 Å². The fourth-order valence-electron chi connectivity index (χ4n) is 2.94. The Kier molecular flexibility index (Phi) is 4.20. The Morgan fingerprint density at radius 2 is 2.30 bits per heavy atom. The molecule has 2 aromatic rings. The molecule has 3 heterocycles. The van der Waals surface area contributed by atoms with E-state index in [2.05, 4.69) is 15.3 Å². The Morgan fingerprint density at radius 3 is 3.00 bits per heavy atom. The van der Waals surface area contributed by atoms with Gasteiger partial charge in [-0.1, -0.05) is 0 Å². The molecule has 3 rings (SSSR count). The van der Waals surface area contributed by atoms with Crippen LogP contribution in [0.1, 0.15) is 24.5 Å². The second kappa shape index (κ2) is 6.15. The average molecular weight is 337 g/mol. The highest BCUT2D eigenvalue weighted by Gasteiger charge is 2.29. The average Bonchev–Trinajstić information content (AvgIpc) is 3.18. The van der Waals surface area contributed by atoms with Crippen molar-refractivity contribution in [1.82, 2.24) is 24.9 Å². The van der Waals surface area contributed by atoms with E-state index < -0.39 is 9.84 Å². The van der Waals surface area contributed by atoms with Crippen LogP contribution in [0.15, 0.2) is 29.6 Å². The zero-order valence-electron chi connectivity index (χ0n) is 12.8. The number of amides is 1. The first-order chi connectivity index (χ1) is 10.9. The highest BCUT2D eigenvalue weighted by molar-refractivity contribution is 7.90. The van der Waals surface area contributed by atoms with Gasteiger partial charge in [0.25, 0.3) is 0 Å². The van der Waals surface area contributed by atoms with E-state index in [0.717, 1.165) is 12.8 Å². The molecule has 1 atom stereocenters. The molecule has 0 aromatic carbocycles. The predicted molar refractivity (Wildman–Crippen MR) is 82.5 cm³/mol. The van der Waals surface area contributed by atoms with Crippen molar-refractivity contribution in [3.05, 3.63) is 30.4 Å².